The predicted octanol–water partition coefficient (Wildman–Crippen LogP) is 0.386. The molecule has 0 aromatic carbocycles. The molecule has 0 radical (unpaired) electrons. The zero-order chi connectivity index (χ0) is 8.69. The monoisotopic (exact) mass is 160 g/mol. The summed E-state index contributed by atoms with van der Waals surface area (Å²) >= 11 is 0. The van der Waals surface area contributed by atoms with Crippen LogP contribution in [-0.2, 0) is 0 Å². The molecule has 1 atom stereocenters. The summed E-state index contributed by atoms with van der Waals surface area (Å²) in [4.78, 5) is 2.02. The van der Waals surface area contributed by atoms with E-state index in [-0.39, 0.29) is 6.23 Å². The van der Waals surface area contributed by atoms with Crippen LogP contribution in [0.2, 0.25) is 0 Å². The highest BCUT2D eigenvalue weighted by Crippen LogP contribution is 1.97. The summed E-state index contributed by atoms with van der Waals surface area (Å²) in [6, 6.07) is 0. The van der Waals surface area contributed by atoms with Gasteiger partial charge in [-0.25, -0.2) is 0 Å². The number of aliphatic hydroxyl groups excluding tert-OH is 1. The number of nitrogens with zero attached hydrogens (tertiary/aromatic N) is 1. The highest BCUT2D eigenvalue weighted by Gasteiger charge is 2.06. The van der Waals surface area contributed by atoms with Crippen LogP contribution in [-0.4, -0.2) is 35.9 Å². The van der Waals surface area contributed by atoms with Crippen molar-refractivity contribution < 1.29 is 5.11 Å². The Bertz CT molecular complexity index is 86.2. The van der Waals surface area contributed by atoms with Crippen LogP contribution in [0.4, 0.5) is 0 Å². The zero-order valence-corrected chi connectivity index (χ0v) is 7.58. The second-order valence-corrected chi connectivity index (χ2v) is 2.76. The van der Waals surface area contributed by atoms with Crippen LogP contribution in [0.15, 0.2) is 0 Å². The lowest BCUT2D eigenvalue weighted by atomic mass is 10.3. The first-order chi connectivity index (χ1) is 5.22. The summed E-state index contributed by atoms with van der Waals surface area (Å²) in [7, 11) is 0. The fourth-order valence-electron chi connectivity index (χ4n) is 1.07. The summed E-state index contributed by atoms with van der Waals surface area (Å²) < 4.78 is 0. The number of unbranched alkanes of at least 4 members (excludes halogenated alkanes) is 1. The summed E-state index contributed by atoms with van der Waals surface area (Å²) in [5, 5.41) is 9.21. The Balaban J connectivity index is 3.36. The minimum absolute atomic E-state index is 0.322. The number of aliphatic hydroxyl groups is 1. The molecule has 0 amide bonds. The zero-order valence-electron chi connectivity index (χ0n) is 7.58. The van der Waals surface area contributed by atoms with E-state index >= 15 is 0 Å². The normalized spacial score (nSPS) is 13.9. The van der Waals surface area contributed by atoms with Crippen molar-refractivity contribution in [2.75, 3.05) is 19.6 Å². The van der Waals surface area contributed by atoms with Gasteiger partial charge >= 0.3 is 0 Å². The van der Waals surface area contributed by atoms with E-state index in [4.69, 9.17) is 5.73 Å². The molecule has 0 bridgehead atoms. The Hall–Kier alpha value is -0.120. The molecule has 3 nitrogen and oxygen atoms in total. The van der Waals surface area contributed by atoms with Crippen molar-refractivity contribution in [3.05, 3.63) is 0 Å². The molecule has 0 aliphatic heterocycles. The molecule has 68 valence electrons. The average molecular weight is 160 g/mol. The summed E-state index contributed by atoms with van der Waals surface area (Å²) in [5.41, 5.74) is 5.35. The first-order valence-corrected chi connectivity index (χ1v) is 4.34. The number of hydrogen-bond acceptors (Lipinski definition) is 3. The van der Waals surface area contributed by atoms with E-state index in [0.717, 1.165) is 32.5 Å². The second-order valence-electron chi connectivity index (χ2n) is 2.76. The van der Waals surface area contributed by atoms with Crippen molar-refractivity contribution in [3.8, 4) is 0 Å². The summed E-state index contributed by atoms with van der Waals surface area (Å²) in [6.45, 7) is 6.45. The molecule has 0 aromatic heterocycles. The Morgan fingerprint density at radius 2 is 2.09 bits per heavy atom. The third-order valence-corrected chi connectivity index (χ3v) is 1.83. The van der Waals surface area contributed by atoms with Gasteiger partial charge in [0.15, 0.2) is 0 Å². The molecule has 0 heterocycles. The molecule has 0 aromatic rings. The van der Waals surface area contributed by atoms with Crippen molar-refractivity contribution in [1.29, 1.82) is 0 Å². The van der Waals surface area contributed by atoms with Gasteiger partial charge in [-0.15, -0.1) is 0 Å². The molecule has 0 saturated carbocycles. The minimum atomic E-state index is -0.322. The smallest absolute Gasteiger partial charge is 0.104 e. The van der Waals surface area contributed by atoms with Crippen molar-refractivity contribution >= 4 is 0 Å². The van der Waals surface area contributed by atoms with Gasteiger partial charge in [-0.05, 0) is 32.9 Å². The molecule has 0 aliphatic carbocycles. The van der Waals surface area contributed by atoms with E-state index in [1.165, 1.54) is 0 Å². The molecule has 0 fully saturated rings. The van der Waals surface area contributed by atoms with E-state index in [9.17, 15) is 5.11 Å². The molecule has 3 heteroatoms. The highest BCUT2D eigenvalue weighted by atomic mass is 16.3. The van der Waals surface area contributed by atoms with Crippen molar-refractivity contribution in [2.45, 2.75) is 32.9 Å². The van der Waals surface area contributed by atoms with E-state index < -0.39 is 0 Å². The van der Waals surface area contributed by atoms with E-state index in [0.29, 0.717) is 0 Å². The first kappa shape index (κ1) is 10.9. The van der Waals surface area contributed by atoms with Gasteiger partial charge in [0, 0.05) is 6.54 Å². The van der Waals surface area contributed by atoms with Crippen LogP contribution < -0.4 is 5.73 Å². The Kier molecular flexibility index (Phi) is 6.51. The molecular formula is C8H20N2O. The molecule has 0 aliphatic rings. The molecule has 0 spiro atoms. The Morgan fingerprint density at radius 3 is 2.45 bits per heavy atom. The lowest BCUT2D eigenvalue weighted by Gasteiger charge is -2.22. The molecular weight excluding hydrogens is 140 g/mol. The van der Waals surface area contributed by atoms with Crippen LogP contribution in [0.1, 0.15) is 26.7 Å². The predicted molar refractivity (Wildman–Crippen MR) is 47.2 cm³/mol. The number of nitrogens with two attached hydrogens (primary N) is 1. The molecule has 11 heavy (non-hydrogen) atoms. The van der Waals surface area contributed by atoms with Crippen molar-refractivity contribution in [1.82, 2.24) is 4.90 Å². The minimum Gasteiger partial charge on any atom is -0.379 e. The molecule has 0 saturated heterocycles. The third-order valence-electron chi connectivity index (χ3n) is 1.83. The van der Waals surface area contributed by atoms with E-state index in [1.807, 2.05) is 4.90 Å². The standard InChI is InChI=1S/C8H20N2O/c1-3-10(8(2)11)7-5-4-6-9/h8,11H,3-7,9H2,1-2H3. The van der Waals surface area contributed by atoms with Gasteiger partial charge in [-0.3, -0.25) is 4.90 Å². The topological polar surface area (TPSA) is 49.5 Å². The van der Waals surface area contributed by atoms with Gasteiger partial charge in [-0.2, -0.15) is 0 Å². The Labute approximate surface area is 69.2 Å². The van der Waals surface area contributed by atoms with Gasteiger partial charge in [-0.1, -0.05) is 6.92 Å². The largest absolute Gasteiger partial charge is 0.379 e. The second kappa shape index (κ2) is 6.58. The van der Waals surface area contributed by atoms with Gasteiger partial charge in [0.2, 0.25) is 0 Å². The third kappa shape index (κ3) is 5.18. The van der Waals surface area contributed by atoms with Crippen LogP contribution >= 0.6 is 0 Å². The maximum atomic E-state index is 9.21. The summed E-state index contributed by atoms with van der Waals surface area (Å²) in [6.07, 6.45) is 1.80. The quantitative estimate of drug-likeness (QED) is 0.436. The molecule has 3 N–H and O–H groups in total. The van der Waals surface area contributed by atoms with Crippen LogP contribution in [0, 0.1) is 0 Å². The lowest BCUT2D eigenvalue weighted by molar-refractivity contribution is 0.0216. The SMILES string of the molecule is CCN(CCCCN)C(C)O. The lowest BCUT2D eigenvalue weighted by Crippen LogP contribution is -2.33. The van der Waals surface area contributed by atoms with Gasteiger partial charge < -0.3 is 10.8 Å². The average Bonchev–Trinajstić information content (AvgIpc) is 1.97. The van der Waals surface area contributed by atoms with Gasteiger partial charge in [0.1, 0.15) is 6.23 Å². The maximum Gasteiger partial charge on any atom is 0.104 e. The van der Waals surface area contributed by atoms with E-state index in [2.05, 4.69) is 6.92 Å². The fourth-order valence-corrected chi connectivity index (χ4v) is 1.07. The maximum absolute atomic E-state index is 9.21. The van der Waals surface area contributed by atoms with Crippen molar-refractivity contribution in [2.24, 2.45) is 5.73 Å². The van der Waals surface area contributed by atoms with E-state index in [1.54, 1.807) is 6.92 Å². The van der Waals surface area contributed by atoms with Crippen LogP contribution in [0.3, 0.4) is 0 Å². The van der Waals surface area contributed by atoms with Gasteiger partial charge in [0.05, 0.1) is 0 Å². The number of rotatable bonds is 6. The first-order valence-electron chi connectivity index (χ1n) is 4.34. The van der Waals surface area contributed by atoms with Crippen molar-refractivity contribution in [3.63, 3.8) is 0 Å². The number of hydrogen-bond donors (Lipinski definition) is 2. The Morgan fingerprint density at radius 1 is 1.45 bits per heavy atom. The van der Waals surface area contributed by atoms with Crippen LogP contribution in [0.25, 0.3) is 0 Å². The van der Waals surface area contributed by atoms with Gasteiger partial charge in [0.25, 0.3) is 0 Å². The molecule has 0 rings (SSSR count). The summed E-state index contributed by atoms with van der Waals surface area (Å²) in [5.74, 6) is 0. The highest BCUT2D eigenvalue weighted by molar-refractivity contribution is 4.55. The fraction of sp³-hybridized carbons (Fsp3) is 1.00. The molecule has 1 unspecified atom stereocenters. The van der Waals surface area contributed by atoms with Crippen LogP contribution in [0.5, 0.6) is 0 Å².